The first-order chi connectivity index (χ1) is 8.58. The van der Waals surface area contributed by atoms with Gasteiger partial charge in [0.05, 0.1) is 3.57 Å². The Labute approximate surface area is 131 Å². The largest absolute Gasteiger partial charge is 0.506 e. The summed E-state index contributed by atoms with van der Waals surface area (Å²) >= 11 is 4.22. The fourth-order valence-corrected chi connectivity index (χ4v) is 3.19. The van der Waals surface area contributed by atoms with Crippen molar-refractivity contribution in [3.8, 4) is 11.5 Å². The molecular formula is C12H8I2N2O2. The van der Waals surface area contributed by atoms with E-state index in [0.29, 0.717) is 5.56 Å². The molecule has 0 saturated heterocycles. The molecule has 0 aliphatic carbocycles. The Morgan fingerprint density at radius 3 is 2.72 bits per heavy atom. The zero-order valence-electron chi connectivity index (χ0n) is 9.01. The van der Waals surface area contributed by atoms with Crippen LogP contribution < -0.4 is 0 Å². The summed E-state index contributed by atoms with van der Waals surface area (Å²) in [7, 11) is 0. The molecule has 2 rings (SSSR count). The number of phenolic OH excluding ortho intramolecular Hbond substituents is 1. The van der Waals surface area contributed by atoms with Crippen LogP contribution in [0.15, 0.2) is 35.5 Å². The molecule has 2 aromatic rings. The summed E-state index contributed by atoms with van der Waals surface area (Å²) in [4.78, 5) is 8.00. The lowest BCUT2D eigenvalue weighted by Gasteiger charge is -2.03. The summed E-state index contributed by atoms with van der Waals surface area (Å²) < 4.78 is 1.76. The summed E-state index contributed by atoms with van der Waals surface area (Å²) in [5.41, 5.74) is 0.594. The fourth-order valence-electron chi connectivity index (χ4n) is 1.30. The van der Waals surface area contributed by atoms with Crippen molar-refractivity contribution in [2.45, 2.75) is 0 Å². The van der Waals surface area contributed by atoms with Gasteiger partial charge in [-0.2, -0.15) is 0 Å². The molecule has 0 aliphatic heterocycles. The highest BCUT2D eigenvalue weighted by Gasteiger charge is 2.05. The SMILES string of the molecule is Oc1cccnc1/N=C/c1cc(I)cc(I)c1O. The number of aromatic hydroxyl groups is 2. The van der Waals surface area contributed by atoms with Crippen LogP contribution >= 0.6 is 45.2 Å². The van der Waals surface area contributed by atoms with Crippen molar-refractivity contribution in [3.63, 3.8) is 0 Å². The molecule has 1 aromatic carbocycles. The lowest BCUT2D eigenvalue weighted by molar-refractivity contribution is 0.470. The molecule has 1 aromatic heterocycles. The Bertz CT molecular complexity index is 615. The monoisotopic (exact) mass is 466 g/mol. The van der Waals surface area contributed by atoms with Crippen LogP contribution in [0.2, 0.25) is 0 Å². The number of hydrogen-bond acceptors (Lipinski definition) is 4. The maximum Gasteiger partial charge on any atom is 0.194 e. The maximum atomic E-state index is 9.88. The van der Waals surface area contributed by atoms with Crippen molar-refractivity contribution in [3.05, 3.63) is 43.2 Å². The van der Waals surface area contributed by atoms with Gasteiger partial charge in [0.1, 0.15) is 5.75 Å². The van der Waals surface area contributed by atoms with Crippen LogP contribution in [-0.2, 0) is 0 Å². The van der Waals surface area contributed by atoms with Gasteiger partial charge in [0.2, 0.25) is 0 Å². The fraction of sp³-hybridized carbons (Fsp3) is 0. The molecule has 0 fully saturated rings. The molecule has 0 atom stereocenters. The molecule has 18 heavy (non-hydrogen) atoms. The average molecular weight is 466 g/mol. The highest BCUT2D eigenvalue weighted by molar-refractivity contribution is 14.1. The van der Waals surface area contributed by atoms with Crippen molar-refractivity contribution in [2.24, 2.45) is 4.99 Å². The van der Waals surface area contributed by atoms with E-state index in [-0.39, 0.29) is 17.3 Å². The minimum absolute atomic E-state index is 0.00793. The van der Waals surface area contributed by atoms with Crippen molar-refractivity contribution in [2.75, 3.05) is 0 Å². The molecule has 0 aliphatic rings. The van der Waals surface area contributed by atoms with Crippen molar-refractivity contribution < 1.29 is 10.2 Å². The minimum atomic E-state index is 0.00793. The number of hydrogen-bond donors (Lipinski definition) is 2. The topological polar surface area (TPSA) is 65.7 Å². The standard InChI is InChI=1S/C12H8I2N2O2/c13-8-4-7(11(18)9(14)5-8)6-16-12-10(17)2-1-3-15-12/h1-6,17-18H/b16-6+. The van der Waals surface area contributed by atoms with Crippen molar-refractivity contribution in [1.82, 2.24) is 4.98 Å². The van der Waals surface area contributed by atoms with Gasteiger partial charge in [-0.15, -0.1) is 0 Å². The highest BCUT2D eigenvalue weighted by Crippen LogP contribution is 2.27. The average Bonchev–Trinajstić information content (AvgIpc) is 2.33. The highest BCUT2D eigenvalue weighted by atomic mass is 127. The maximum absolute atomic E-state index is 9.88. The normalized spacial score (nSPS) is 11.0. The molecule has 92 valence electrons. The molecule has 0 amide bonds. The zero-order valence-corrected chi connectivity index (χ0v) is 13.3. The Morgan fingerprint density at radius 1 is 1.22 bits per heavy atom. The smallest absolute Gasteiger partial charge is 0.194 e. The summed E-state index contributed by atoms with van der Waals surface area (Å²) in [5.74, 6) is 0.412. The van der Waals surface area contributed by atoms with E-state index in [4.69, 9.17) is 0 Å². The lowest BCUT2D eigenvalue weighted by atomic mass is 10.2. The number of aliphatic imine (C=N–C) groups is 1. The van der Waals surface area contributed by atoms with Gasteiger partial charge in [-0.3, -0.25) is 0 Å². The zero-order chi connectivity index (χ0) is 13.1. The summed E-state index contributed by atoms with van der Waals surface area (Å²) in [6, 6.07) is 6.81. The predicted molar refractivity (Wildman–Crippen MR) is 86.7 cm³/mol. The Hall–Kier alpha value is -0.900. The second-order valence-electron chi connectivity index (χ2n) is 3.43. The number of aromatic nitrogens is 1. The molecule has 0 bridgehead atoms. The number of pyridine rings is 1. The van der Waals surface area contributed by atoms with Crippen LogP contribution in [0, 0.1) is 7.14 Å². The van der Waals surface area contributed by atoms with E-state index in [1.165, 1.54) is 12.3 Å². The van der Waals surface area contributed by atoms with Gasteiger partial charge in [0.15, 0.2) is 11.6 Å². The van der Waals surface area contributed by atoms with Crippen LogP contribution in [0.5, 0.6) is 11.5 Å². The predicted octanol–water partition coefficient (Wildman–Crippen LogP) is 3.45. The van der Waals surface area contributed by atoms with E-state index < -0.39 is 0 Å². The lowest BCUT2D eigenvalue weighted by Crippen LogP contribution is -1.88. The minimum Gasteiger partial charge on any atom is -0.506 e. The van der Waals surface area contributed by atoms with Crippen LogP contribution in [0.3, 0.4) is 0 Å². The first kappa shape index (κ1) is 13.5. The van der Waals surface area contributed by atoms with Crippen LogP contribution in [0.25, 0.3) is 0 Å². The van der Waals surface area contributed by atoms with Crippen LogP contribution in [0.4, 0.5) is 5.82 Å². The summed E-state index contributed by atoms with van der Waals surface area (Å²) in [5, 5.41) is 19.4. The van der Waals surface area contributed by atoms with Gasteiger partial charge >= 0.3 is 0 Å². The van der Waals surface area contributed by atoms with Crippen molar-refractivity contribution in [1.29, 1.82) is 0 Å². The van der Waals surface area contributed by atoms with E-state index in [9.17, 15) is 10.2 Å². The molecular weight excluding hydrogens is 458 g/mol. The quantitative estimate of drug-likeness (QED) is 0.527. The molecule has 6 heteroatoms. The molecule has 0 saturated carbocycles. The van der Waals surface area contributed by atoms with Crippen molar-refractivity contribution >= 4 is 57.2 Å². The van der Waals surface area contributed by atoms with E-state index in [0.717, 1.165) is 7.14 Å². The summed E-state index contributed by atoms with van der Waals surface area (Å²) in [6.07, 6.45) is 3.03. The third kappa shape index (κ3) is 3.10. The third-order valence-corrected chi connectivity index (χ3v) is 3.59. The van der Waals surface area contributed by atoms with E-state index in [1.54, 1.807) is 12.3 Å². The number of halogens is 2. The van der Waals surface area contributed by atoms with Crippen LogP contribution in [0.1, 0.15) is 5.56 Å². The van der Waals surface area contributed by atoms with Gasteiger partial charge < -0.3 is 10.2 Å². The summed E-state index contributed by atoms with van der Waals surface area (Å²) in [6.45, 7) is 0. The second kappa shape index (κ2) is 5.83. The first-order valence-corrected chi connectivity index (χ1v) is 7.10. The van der Waals surface area contributed by atoms with E-state index in [2.05, 4.69) is 55.2 Å². The Balaban J connectivity index is 2.38. The second-order valence-corrected chi connectivity index (χ2v) is 5.84. The molecule has 0 unspecified atom stereocenters. The molecule has 4 nitrogen and oxygen atoms in total. The number of nitrogens with zero attached hydrogens (tertiary/aromatic N) is 2. The number of benzene rings is 1. The molecule has 0 radical (unpaired) electrons. The third-order valence-electron chi connectivity index (χ3n) is 2.15. The Kier molecular flexibility index (Phi) is 4.38. The van der Waals surface area contributed by atoms with Gasteiger partial charge in [-0.05, 0) is 69.4 Å². The van der Waals surface area contributed by atoms with Gasteiger partial charge in [0.25, 0.3) is 0 Å². The van der Waals surface area contributed by atoms with E-state index in [1.807, 2.05) is 12.1 Å². The molecule has 1 heterocycles. The van der Waals surface area contributed by atoms with E-state index >= 15 is 0 Å². The first-order valence-electron chi connectivity index (χ1n) is 4.94. The van der Waals surface area contributed by atoms with Gasteiger partial charge in [-0.1, -0.05) is 0 Å². The van der Waals surface area contributed by atoms with Crippen LogP contribution in [-0.4, -0.2) is 21.4 Å². The molecule has 2 N–H and O–H groups in total. The number of rotatable bonds is 2. The molecule has 0 spiro atoms. The van der Waals surface area contributed by atoms with Gasteiger partial charge in [0, 0.05) is 21.5 Å². The Morgan fingerprint density at radius 2 is 2.00 bits per heavy atom. The van der Waals surface area contributed by atoms with Gasteiger partial charge in [-0.25, -0.2) is 9.98 Å². The number of phenols is 1.